The molecule has 0 amide bonds. The van der Waals surface area contributed by atoms with Crippen molar-refractivity contribution < 1.29 is 9.37 Å². The Labute approximate surface area is 99.5 Å². The molecule has 0 aliphatic rings. The first-order valence-electron chi connectivity index (χ1n) is 5.42. The van der Waals surface area contributed by atoms with Gasteiger partial charge in [0.2, 0.25) is 0 Å². The highest BCUT2D eigenvalue weighted by atomic mass is 16.6. The van der Waals surface area contributed by atoms with Gasteiger partial charge in [-0.25, -0.2) is 4.63 Å². The van der Waals surface area contributed by atoms with Gasteiger partial charge in [0, 0.05) is 12.0 Å². The van der Waals surface area contributed by atoms with Crippen molar-refractivity contribution >= 4 is 0 Å². The van der Waals surface area contributed by atoms with Crippen LogP contribution in [0.3, 0.4) is 0 Å². The first-order valence-corrected chi connectivity index (χ1v) is 5.42. The molecule has 17 heavy (non-hydrogen) atoms. The number of aryl methyl sites for hydroxylation is 1. The number of methoxy groups -OCH3 is 1. The number of ether oxygens (including phenoxy) is 1. The second-order valence-corrected chi connectivity index (χ2v) is 3.80. The van der Waals surface area contributed by atoms with Gasteiger partial charge in [0.05, 0.1) is 7.11 Å². The molecule has 1 heterocycles. The van der Waals surface area contributed by atoms with Gasteiger partial charge in [0.25, 0.3) is 0 Å². The molecule has 0 aliphatic heterocycles. The molecule has 0 saturated carbocycles. The van der Waals surface area contributed by atoms with Crippen LogP contribution >= 0.6 is 0 Å². The van der Waals surface area contributed by atoms with Crippen molar-refractivity contribution in [1.29, 1.82) is 0 Å². The third-order valence-corrected chi connectivity index (χ3v) is 2.55. The largest absolute Gasteiger partial charge is 0.496 e. The summed E-state index contributed by atoms with van der Waals surface area (Å²) in [5.41, 5.74) is 9.01. The van der Waals surface area contributed by atoms with Crippen LogP contribution in [0.2, 0.25) is 0 Å². The van der Waals surface area contributed by atoms with Crippen LogP contribution in [-0.2, 0) is 6.42 Å². The predicted octanol–water partition coefficient (Wildman–Crippen LogP) is 1.55. The zero-order valence-electron chi connectivity index (χ0n) is 9.93. The van der Waals surface area contributed by atoms with Crippen molar-refractivity contribution in [2.45, 2.75) is 13.3 Å². The van der Waals surface area contributed by atoms with E-state index in [1.165, 1.54) is 0 Å². The lowest BCUT2D eigenvalue weighted by atomic mass is 10.0. The molecule has 0 radical (unpaired) electrons. The number of nitrogens with zero attached hydrogens (tertiary/aromatic N) is 2. The summed E-state index contributed by atoms with van der Waals surface area (Å²) in [6.45, 7) is 2.52. The molecule has 0 unspecified atom stereocenters. The summed E-state index contributed by atoms with van der Waals surface area (Å²) in [5, 5.41) is 7.80. The highest BCUT2D eigenvalue weighted by Gasteiger charge is 2.15. The van der Waals surface area contributed by atoms with Gasteiger partial charge in [-0.2, -0.15) is 0 Å². The molecule has 90 valence electrons. The first kappa shape index (κ1) is 11.6. The van der Waals surface area contributed by atoms with E-state index in [4.69, 9.17) is 15.1 Å². The minimum absolute atomic E-state index is 0.509. The third-order valence-electron chi connectivity index (χ3n) is 2.55. The molecule has 0 fully saturated rings. The van der Waals surface area contributed by atoms with Crippen LogP contribution in [0.15, 0.2) is 22.8 Å². The maximum atomic E-state index is 5.53. The Morgan fingerprint density at radius 1 is 1.35 bits per heavy atom. The Morgan fingerprint density at radius 2 is 2.18 bits per heavy atom. The Hall–Kier alpha value is -1.88. The molecule has 0 bridgehead atoms. The van der Waals surface area contributed by atoms with Crippen molar-refractivity contribution in [3.63, 3.8) is 0 Å². The van der Waals surface area contributed by atoms with Crippen LogP contribution in [-0.4, -0.2) is 24.0 Å². The van der Waals surface area contributed by atoms with E-state index >= 15 is 0 Å². The van der Waals surface area contributed by atoms with Gasteiger partial charge in [0.15, 0.2) is 0 Å². The number of hydrogen-bond donors (Lipinski definition) is 1. The summed E-state index contributed by atoms with van der Waals surface area (Å²) in [6.07, 6.45) is 0.635. The van der Waals surface area contributed by atoms with E-state index in [-0.39, 0.29) is 0 Å². The molecule has 1 aromatic heterocycles. The SMILES string of the molecule is COc1ccc(C)cc1-c1nonc1CCN. The average Bonchev–Trinajstić information content (AvgIpc) is 2.77. The maximum Gasteiger partial charge on any atom is 0.142 e. The van der Waals surface area contributed by atoms with E-state index in [9.17, 15) is 0 Å². The minimum Gasteiger partial charge on any atom is -0.496 e. The van der Waals surface area contributed by atoms with Gasteiger partial charge in [-0.05, 0) is 30.8 Å². The smallest absolute Gasteiger partial charge is 0.142 e. The van der Waals surface area contributed by atoms with Gasteiger partial charge in [0.1, 0.15) is 17.1 Å². The number of rotatable bonds is 4. The van der Waals surface area contributed by atoms with Gasteiger partial charge >= 0.3 is 0 Å². The Kier molecular flexibility index (Phi) is 3.39. The lowest BCUT2D eigenvalue weighted by molar-refractivity contribution is 0.304. The van der Waals surface area contributed by atoms with Gasteiger partial charge < -0.3 is 10.5 Å². The Balaban J connectivity index is 2.51. The summed E-state index contributed by atoms with van der Waals surface area (Å²) < 4.78 is 10.1. The fourth-order valence-electron chi connectivity index (χ4n) is 1.72. The topological polar surface area (TPSA) is 74.2 Å². The zero-order chi connectivity index (χ0) is 12.3. The van der Waals surface area contributed by atoms with Crippen molar-refractivity contribution in [3.05, 3.63) is 29.5 Å². The quantitative estimate of drug-likeness (QED) is 0.867. The van der Waals surface area contributed by atoms with Crippen molar-refractivity contribution in [2.24, 2.45) is 5.73 Å². The third kappa shape index (κ3) is 2.29. The average molecular weight is 233 g/mol. The maximum absolute atomic E-state index is 5.53. The highest BCUT2D eigenvalue weighted by Crippen LogP contribution is 2.31. The molecule has 1 aromatic carbocycles. The Morgan fingerprint density at radius 3 is 2.88 bits per heavy atom. The molecule has 0 aliphatic carbocycles. The van der Waals surface area contributed by atoms with Crippen LogP contribution in [0, 0.1) is 6.92 Å². The molecule has 2 N–H and O–H groups in total. The summed E-state index contributed by atoms with van der Waals surface area (Å²) in [7, 11) is 1.63. The molecule has 5 nitrogen and oxygen atoms in total. The summed E-state index contributed by atoms with van der Waals surface area (Å²) in [6, 6.07) is 5.89. The number of benzene rings is 1. The predicted molar refractivity (Wildman–Crippen MR) is 63.8 cm³/mol. The molecule has 5 heteroatoms. The fourth-order valence-corrected chi connectivity index (χ4v) is 1.72. The van der Waals surface area contributed by atoms with E-state index < -0.39 is 0 Å². The first-order chi connectivity index (χ1) is 8.26. The number of hydrogen-bond acceptors (Lipinski definition) is 5. The Bertz CT molecular complexity index is 508. The second kappa shape index (κ2) is 4.97. The monoisotopic (exact) mass is 233 g/mol. The van der Waals surface area contributed by atoms with Gasteiger partial charge in [-0.1, -0.05) is 16.8 Å². The molecule has 0 saturated heterocycles. The van der Waals surface area contributed by atoms with E-state index in [2.05, 4.69) is 10.3 Å². The summed E-state index contributed by atoms with van der Waals surface area (Å²) in [5.74, 6) is 0.754. The number of nitrogens with two attached hydrogens (primary N) is 1. The van der Waals surface area contributed by atoms with Gasteiger partial charge in [-0.15, -0.1) is 0 Å². The van der Waals surface area contributed by atoms with Crippen molar-refractivity contribution in [2.75, 3.05) is 13.7 Å². The van der Waals surface area contributed by atoms with Crippen LogP contribution in [0.5, 0.6) is 5.75 Å². The lowest BCUT2D eigenvalue weighted by Gasteiger charge is -2.07. The fraction of sp³-hybridized carbons (Fsp3) is 0.333. The van der Waals surface area contributed by atoms with Gasteiger partial charge in [-0.3, -0.25) is 0 Å². The van der Waals surface area contributed by atoms with Crippen LogP contribution in [0.25, 0.3) is 11.3 Å². The van der Waals surface area contributed by atoms with Crippen LogP contribution in [0.1, 0.15) is 11.3 Å². The lowest BCUT2D eigenvalue weighted by Crippen LogP contribution is -2.04. The zero-order valence-corrected chi connectivity index (χ0v) is 9.93. The standard InChI is InChI=1S/C12H15N3O2/c1-8-3-4-11(16-2)9(7-8)12-10(5-6-13)14-17-15-12/h3-4,7H,5-6,13H2,1-2H3. The highest BCUT2D eigenvalue weighted by molar-refractivity contribution is 5.69. The summed E-state index contributed by atoms with van der Waals surface area (Å²) >= 11 is 0. The van der Waals surface area contributed by atoms with E-state index in [0.29, 0.717) is 18.7 Å². The molecular weight excluding hydrogens is 218 g/mol. The normalized spacial score (nSPS) is 10.5. The van der Waals surface area contributed by atoms with Crippen LogP contribution in [0.4, 0.5) is 0 Å². The minimum atomic E-state index is 0.509. The molecule has 0 atom stereocenters. The van der Waals surface area contributed by atoms with E-state index in [0.717, 1.165) is 22.6 Å². The van der Waals surface area contributed by atoms with E-state index in [1.54, 1.807) is 7.11 Å². The second-order valence-electron chi connectivity index (χ2n) is 3.80. The van der Waals surface area contributed by atoms with Crippen molar-refractivity contribution in [1.82, 2.24) is 10.3 Å². The van der Waals surface area contributed by atoms with E-state index in [1.807, 2.05) is 25.1 Å². The van der Waals surface area contributed by atoms with Crippen molar-refractivity contribution in [3.8, 4) is 17.0 Å². The molecule has 2 aromatic rings. The summed E-state index contributed by atoms with van der Waals surface area (Å²) in [4.78, 5) is 0. The molecular formula is C12H15N3O2. The van der Waals surface area contributed by atoms with Crippen LogP contribution < -0.4 is 10.5 Å². The molecule has 0 spiro atoms. The molecule has 2 rings (SSSR count). The number of aromatic nitrogens is 2.